The summed E-state index contributed by atoms with van der Waals surface area (Å²) >= 11 is 0. The van der Waals surface area contributed by atoms with Gasteiger partial charge >= 0.3 is 0 Å². The average Bonchev–Trinajstić information content (AvgIpc) is 2.74. The maximum Gasteiger partial charge on any atom is 0.00676 e. The van der Waals surface area contributed by atoms with Gasteiger partial charge in [-0.05, 0) is 38.1 Å². The van der Waals surface area contributed by atoms with Crippen molar-refractivity contribution in [1.29, 1.82) is 0 Å². The lowest BCUT2D eigenvalue weighted by Gasteiger charge is -2.13. The molecule has 1 unspecified atom stereocenters. The Morgan fingerprint density at radius 2 is 1.69 bits per heavy atom. The second-order valence-electron chi connectivity index (χ2n) is 4.52. The number of nitrogens with one attached hydrogen (secondary N) is 1. The summed E-state index contributed by atoms with van der Waals surface area (Å²) in [6, 6.07) is 0.880. The normalized spacial score (nSPS) is 29.1. The molecule has 2 fully saturated rings. The SMILES string of the molecule is C1CCC(CCC2CCCN2)C1.Cl. The summed E-state index contributed by atoms with van der Waals surface area (Å²) in [6.45, 7) is 1.27. The topological polar surface area (TPSA) is 12.0 Å². The van der Waals surface area contributed by atoms with E-state index in [1.54, 1.807) is 0 Å². The zero-order chi connectivity index (χ0) is 8.23. The van der Waals surface area contributed by atoms with Gasteiger partial charge in [0.1, 0.15) is 0 Å². The Morgan fingerprint density at radius 3 is 2.31 bits per heavy atom. The summed E-state index contributed by atoms with van der Waals surface area (Å²) in [4.78, 5) is 0. The van der Waals surface area contributed by atoms with Gasteiger partial charge in [0.25, 0.3) is 0 Å². The first-order valence-electron chi connectivity index (χ1n) is 5.68. The van der Waals surface area contributed by atoms with Crippen LogP contribution in [0.15, 0.2) is 0 Å². The Hall–Kier alpha value is 0.250. The highest BCUT2D eigenvalue weighted by Gasteiger charge is 2.18. The van der Waals surface area contributed by atoms with E-state index in [2.05, 4.69) is 5.32 Å². The highest BCUT2D eigenvalue weighted by Crippen LogP contribution is 2.29. The molecule has 0 aromatic rings. The van der Waals surface area contributed by atoms with Crippen molar-refractivity contribution in [1.82, 2.24) is 5.32 Å². The minimum absolute atomic E-state index is 0. The molecule has 1 heterocycles. The van der Waals surface area contributed by atoms with Crippen LogP contribution in [0.4, 0.5) is 0 Å². The second kappa shape index (κ2) is 5.87. The number of halogens is 1. The molecule has 1 atom stereocenters. The molecule has 0 amide bonds. The fourth-order valence-corrected chi connectivity index (χ4v) is 2.74. The smallest absolute Gasteiger partial charge is 0.00676 e. The van der Waals surface area contributed by atoms with E-state index >= 15 is 0 Å². The predicted octanol–water partition coefficient (Wildman–Crippen LogP) is 3.13. The van der Waals surface area contributed by atoms with Crippen LogP contribution < -0.4 is 5.32 Å². The highest BCUT2D eigenvalue weighted by molar-refractivity contribution is 5.85. The molecule has 0 spiro atoms. The Kier molecular flexibility index (Phi) is 5.12. The van der Waals surface area contributed by atoms with Gasteiger partial charge in [-0.15, -0.1) is 12.4 Å². The quantitative estimate of drug-likeness (QED) is 0.744. The van der Waals surface area contributed by atoms with Crippen molar-refractivity contribution >= 4 is 12.4 Å². The molecular formula is C11H22ClN. The van der Waals surface area contributed by atoms with Crippen LogP contribution in [0.2, 0.25) is 0 Å². The fourth-order valence-electron chi connectivity index (χ4n) is 2.74. The van der Waals surface area contributed by atoms with Gasteiger partial charge < -0.3 is 5.32 Å². The lowest BCUT2D eigenvalue weighted by molar-refractivity contribution is 0.432. The fraction of sp³-hybridized carbons (Fsp3) is 1.00. The van der Waals surface area contributed by atoms with E-state index in [1.165, 1.54) is 57.9 Å². The Bertz CT molecular complexity index is 110. The number of hydrogen-bond donors (Lipinski definition) is 1. The maximum absolute atomic E-state index is 3.58. The summed E-state index contributed by atoms with van der Waals surface area (Å²) in [5, 5.41) is 3.58. The van der Waals surface area contributed by atoms with Crippen LogP contribution >= 0.6 is 12.4 Å². The molecule has 0 radical (unpaired) electrons. The minimum Gasteiger partial charge on any atom is -0.314 e. The van der Waals surface area contributed by atoms with Gasteiger partial charge in [-0.2, -0.15) is 0 Å². The third-order valence-corrected chi connectivity index (χ3v) is 3.56. The Labute approximate surface area is 88.1 Å². The van der Waals surface area contributed by atoms with Gasteiger partial charge in [0.15, 0.2) is 0 Å². The van der Waals surface area contributed by atoms with Crippen molar-refractivity contribution in [3.8, 4) is 0 Å². The molecule has 1 nitrogen and oxygen atoms in total. The molecule has 0 aromatic carbocycles. The predicted molar refractivity (Wildman–Crippen MR) is 59.5 cm³/mol. The van der Waals surface area contributed by atoms with Crippen LogP contribution in [0.3, 0.4) is 0 Å². The Morgan fingerprint density at radius 1 is 0.923 bits per heavy atom. The van der Waals surface area contributed by atoms with Crippen LogP contribution in [-0.4, -0.2) is 12.6 Å². The van der Waals surface area contributed by atoms with Crippen LogP contribution in [0, 0.1) is 5.92 Å². The summed E-state index contributed by atoms with van der Waals surface area (Å²) in [5.74, 6) is 1.09. The molecule has 78 valence electrons. The van der Waals surface area contributed by atoms with E-state index < -0.39 is 0 Å². The van der Waals surface area contributed by atoms with Crippen molar-refractivity contribution in [2.75, 3.05) is 6.54 Å². The van der Waals surface area contributed by atoms with Gasteiger partial charge in [-0.25, -0.2) is 0 Å². The zero-order valence-electron chi connectivity index (χ0n) is 8.43. The summed E-state index contributed by atoms with van der Waals surface area (Å²) in [6.07, 6.45) is 11.8. The third-order valence-electron chi connectivity index (χ3n) is 3.56. The van der Waals surface area contributed by atoms with Crippen molar-refractivity contribution in [2.45, 2.75) is 57.4 Å². The van der Waals surface area contributed by atoms with E-state index in [9.17, 15) is 0 Å². The summed E-state index contributed by atoms with van der Waals surface area (Å²) in [5.41, 5.74) is 0. The van der Waals surface area contributed by atoms with Crippen molar-refractivity contribution in [3.05, 3.63) is 0 Å². The van der Waals surface area contributed by atoms with Gasteiger partial charge in [0.05, 0.1) is 0 Å². The second-order valence-corrected chi connectivity index (χ2v) is 4.52. The molecule has 1 aliphatic carbocycles. The molecule has 2 aliphatic rings. The lowest BCUT2D eigenvalue weighted by Crippen LogP contribution is -2.21. The lowest BCUT2D eigenvalue weighted by atomic mass is 9.98. The molecule has 1 N–H and O–H groups in total. The molecule has 1 saturated carbocycles. The van der Waals surface area contributed by atoms with Gasteiger partial charge in [0, 0.05) is 6.04 Å². The average molecular weight is 204 g/mol. The van der Waals surface area contributed by atoms with Gasteiger partial charge in [-0.3, -0.25) is 0 Å². The number of rotatable bonds is 3. The third kappa shape index (κ3) is 3.47. The minimum atomic E-state index is 0. The van der Waals surface area contributed by atoms with E-state index in [0.29, 0.717) is 0 Å². The first kappa shape index (κ1) is 11.3. The molecular weight excluding hydrogens is 182 g/mol. The van der Waals surface area contributed by atoms with Crippen LogP contribution in [0.25, 0.3) is 0 Å². The first-order chi connectivity index (χ1) is 5.95. The molecule has 13 heavy (non-hydrogen) atoms. The monoisotopic (exact) mass is 203 g/mol. The van der Waals surface area contributed by atoms with E-state index in [-0.39, 0.29) is 12.4 Å². The standard InChI is InChI=1S/C11H21N.ClH/c1-2-5-10(4-1)7-8-11-6-3-9-12-11;/h10-12H,1-9H2;1H. The van der Waals surface area contributed by atoms with Crippen LogP contribution in [0.5, 0.6) is 0 Å². The molecule has 0 aromatic heterocycles. The highest BCUT2D eigenvalue weighted by atomic mass is 35.5. The maximum atomic E-state index is 3.58. The molecule has 2 heteroatoms. The van der Waals surface area contributed by atoms with Crippen molar-refractivity contribution in [3.63, 3.8) is 0 Å². The first-order valence-corrected chi connectivity index (χ1v) is 5.68. The molecule has 0 bridgehead atoms. The number of hydrogen-bond acceptors (Lipinski definition) is 1. The molecule has 1 aliphatic heterocycles. The molecule has 2 rings (SSSR count). The van der Waals surface area contributed by atoms with Crippen LogP contribution in [-0.2, 0) is 0 Å². The van der Waals surface area contributed by atoms with Crippen LogP contribution in [0.1, 0.15) is 51.4 Å². The largest absolute Gasteiger partial charge is 0.314 e. The zero-order valence-corrected chi connectivity index (χ0v) is 9.24. The van der Waals surface area contributed by atoms with E-state index in [0.717, 1.165) is 12.0 Å². The van der Waals surface area contributed by atoms with Crippen molar-refractivity contribution in [2.24, 2.45) is 5.92 Å². The van der Waals surface area contributed by atoms with E-state index in [4.69, 9.17) is 0 Å². The van der Waals surface area contributed by atoms with Gasteiger partial charge in [0.2, 0.25) is 0 Å². The van der Waals surface area contributed by atoms with Gasteiger partial charge in [-0.1, -0.05) is 25.7 Å². The summed E-state index contributed by atoms with van der Waals surface area (Å²) < 4.78 is 0. The van der Waals surface area contributed by atoms with Crippen molar-refractivity contribution < 1.29 is 0 Å². The summed E-state index contributed by atoms with van der Waals surface area (Å²) in [7, 11) is 0. The van der Waals surface area contributed by atoms with E-state index in [1.807, 2.05) is 0 Å². The molecule has 1 saturated heterocycles. The Balaban J connectivity index is 0.000000845.